The summed E-state index contributed by atoms with van der Waals surface area (Å²) < 4.78 is 35.3. The molecule has 0 radical (unpaired) electrons. The molecule has 0 aliphatic rings. The van der Waals surface area contributed by atoms with Crippen molar-refractivity contribution < 1.29 is 13.2 Å². The van der Waals surface area contributed by atoms with Crippen molar-refractivity contribution in [2.24, 2.45) is 0 Å². The number of anilines is 1. The summed E-state index contributed by atoms with van der Waals surface area (Å²) in [6.07, 6.45) is 5.06. The number of halogens is 1. The molecule has 0 fully saturated rings. The van der Waals surface area contributed by atoms with Gasteiger partial charge >= 0.3 is 0 Å². The van der Waals surface area contributed by atoms with E-state index in [2.05, 4.69) is 19.7 Å². The average Bonchev–Trinajstić information content (AvgIpc) is 3.26. The Morgan fingerprint density at radius 2 is 1.81 bits per heavy atom. The summed E-state index contributed by atoms with van der Waals surface area (Å²) in [5, 5.41) is 0.391. The molecule has 4 rings (SSSR count). The molecule has 0 saturated heterocycles. The van der Waals surface area contributed by atoms with Crippen molar-refractivity contribution in [2.75, 3.05) is 4.72 Å². The molecule has 10 heteroatoms. The van der Waals surface area contributed by atoms with Crippen molar-refractivity contribution in [3.05, 3.63) is 83.7 Å². The number of nitrogens with zero attached hydrogens (tertiary/aromatic N) is 4. The molecule has 0 amide bonds. The second kappa shape index (κ2) is 8.37. The summed E-state index contributed by atoms with van der Waals surface area (Å²) in [6.45, 7) is 3.57. The van der Waals surface area contributed by atoms with Gasteiger partial charge in [-0.15, -0.1) is 0 Å². The first-order chi connectivity index (χ1) is 14.8. The molecule has 0 aliphatic heterocycles. The van der Waals surface area contributed by atoms with Crippen molar-refractivity contribution in [1.82, 2.24) is 19.5 Å². The average molecular weight is 456 g/mol. The van der Waals surface area contributed by atoms with Gasteiger partial charge in [0.25, 0.3) is 10.0 Å². The fourth-order valence-corrected chi connectivity index (χ4v) is 4.10. The molecule has 31 heavy (non-hydrogen) atoms. The fraction of sp³-hybridized carbons (Fsp3) is 0.0952. The maximum absolute atomic E-state index is 12.6. The number of rotatable bonds is 6. The number of ether oxygens (including phenoxy) is 1. The molecule has 0 atom stereocenters. The van der Waals surface area contributed by atoms with E-state index >= 15 is 0 Å². The first-order valence-corrected chi connectivity index (χ1v) is 11.1. The number of benzene rings is 2. The predicted molar refractivity (Wildman–Crippen MR) is 117 cm³/mol. The minimum atomic E-state index is -3.77. The monoisotopic (exact) mass is 455 g/mol. The van der Waals surface area contributed by atoms with E-state index in [1.165, 1.54) is 12.1 Å². The van der Waals surface area contributed by atoms with E-state index < -0.39 is 10.0 Å². The number of aryl methyl sites for hydroxylation is 2. The van der Waals surface area contributed by atoms with E-state index in [4.69, 9.17) is 16.3 Å². The fourth-order valence-electron chi connectivity index (χ4n) is 2.77. The van der Waals surface area contributed by atoms with Crippen molar-refractivity contribution in [2.45, 2.75) is 18.7 Å². The Hall–Kier alpha value is -3.43. The van der Waals surface area contributed by atoms with Crippen LogP contribution in [0.5, 0.6) is 11.6 Å². The minimum absolute atomic E-state index is 0.0897. The van der Waals surface area contributed by atoms with E-state index in [0.29, 0.717) is 34.0 Å². The highest BCUT2D eigenvalue weighted by atomic mass is 35.5. The largest absolute Gasteiger partial charge is 0.439 e. The van der Waals surface area contributed by atoms with Gasteiger partial charge in [-0.2, -0.15) is 4.98 Å². The Morgan fingerprint density at radius 3 is 2.48 bits per heavy atom. The molecule has 2 aromatic heterocycles. The zero-order chi connectivity index (χ0) is 22.0. The smallest absolute Gasteiger partial charge is 0.261 e. The molecule has 158 valence electrons. The third kappa shape index (κ3) is 4.84. The third-order valence-corrected chi connectivity index (χ3v) is 6.14. The Labute approximate surface area is 184 Å². The maximum Gasteiger partial charge on any atom is 0.261 e. The summed E-state index contributed by atoms with van der Waals surface area (Å²) in [6, 6.07) is 12.8. The molecule has 0 bridgehead atoms. The highest BCUT2D eigenvalue weighted by Crippen LogP contribution is 2.25. The zero-order valence-electron chi connectivity index (χ0n) is 16.7. The second-order valence-electron chi connectivity index (χ2n) is 6.72. The molecule has 0 aliphatic carbocycles. The van der Waals surface area contributed by atoms with E-state index in [1.807, 2.05) is 6.92 Å². The highest BCUT2D eigenvalue weighted by Gasteiger charge is 2.15. The Balaban J connectivity index is 1.50. The molecule has 2 aromatic carbocycles. The summed E-state index contributed by atoms with van der Waals surface area (Å²) in [7, 11) is -3.77. The highest BCUT2D eigenvalue weighted by molar-refractivity contribution is 7.92. The van der Waals surface area contributed by atoms with Crippen LogP contribution in [0, 0.1) is 13.8 Å². The summed E-state index contributed by atoms with van der Waals surface area (Å²) in [5.74, 6) is 2.03. The zero-order valence-corrected chi connectivity index (χ0v) is 18.2. The van der Waals surface area contributed by atoms with E-state index in [0.717, 1.165) is 5.56 Å². The molecule has 2 heterocycles. The molecule has 4 aromatic rings. The number of hydrogen-bond donors (Lipinski definition) is 1. The molecule has 8 nitrogen and oxygen atoms in total. The van der Waals surface area contributed by atoms with Crippen LogP contribution in [0.4, 0.5) is 5.69 Å². The quantitative estimate of drug-likeness (QED) is 0.458. The number of imidazole rings is 1. The Kier molecular flexibility index (Phi) is 5.62. The SMILES string of the molecule is Cc1nc(Oc2ccc(NS(=O)(=O)c3ccc(C)c(Cl)c3)cc2)cc(-n2ccnc2)n1. The van der Waals surface area contributed by atoms with Crippen LogP contribution < -0.4 is 9.46 Å². The molecule has 0 unspecified atom stereocenters. The summed E-state index contributed by atoms with van der Waals surface area (Å²) >= 11 is 6.05. The maximum atomic E-state index is 12.6. The van der Waals surface area contributed by atoms with Crippen LogP contribution >= 0.6 is 11.6 Å². The molecule has 0 spiro atoms. The van der Waals surface area contributed by atoms with Crippen LogP contribution in [-0.2, 0) is 10.0 Å². The van der Waals surface area contributed by atoms with Gasteiger partial charge in [0.2, 0.25) is 5.88 Å². The Morgan fingerprint density at radius 1 is 1.03 bits per heavy atom. The lowest BCUT2D eigenvalue weighted by Gasteiger charge is -2.11. The Bertz CT molecular complexity index is 1320. The van der Waals surface area contributed by atoms with E-state index in [1.54, 1.807) is 66.6 Å². The van der Waals surface area contributed by atoms with Crippen molar-refractivity contribution in [3.8, 4) is 17.4 Å². The second-order valence-corrected chi connectivity index (χ2v) is 8.81. The van der Waals surface area contributed by atoms with Gasteiger partial charge in [-0.25, -0.2) is 18.4 Å². The van der Waals surface area contributed by atoms with Crippen molar-refractivity contribution >= 4 is 27.3 Å². The number of nitrogens with one attached hydrogen (secondary N) is 1. The van der Waals surface area contributed by atoms with Gasteiger partial charge in [0.1, 0.15) is 23.7 Å². The van der Waals surface area contributed by atoms with Crippen LogP contribution in [-0.4, -0.2) is 27.9 Å². The van der Waals surface area contributed by atoms with Crippen LogP contribution in [0.25, 0.3) is 5.82 Å². The minimum Gasteiger partial charge on any atom is -0.439 e. The van der Waals surface area contributed by atoms with Gasteiger partial charge < -0.3 is 4.74 Å². The first kappa shape index (κ1) is 20.8. The van der Waals surface area contributed by atoms with Gasteiger partial charge in [-0.05, 0) is 55.8 Å². The third-order valence-electron chi connectivity index (χ3n) is 4.35. The molecule has 0 saturated carbocycles. The van der Waals surface area contributed by atoms with Crippen molar-refractivity contribution in [3.63, 3.8) is 0 Å². The van der Waals surface area contributed by atoms with Crippen molar-refractivity contribution in [1.29, 1.82) is 0 Å². The number of hydrogen-bond acceptors (Lipinski definition) is 6. The van der Waals surface area contributed by atoms with Gasteiger partial charge in [0, 0.05) is 29.2 Å². The summed E-state index contributed by atoms with van der Waals surface area (Å²) in [5.41, 5.74) is 1.19. The van der Waals surface area contributed by atoms with E-state index in [-0.39, 0.29) is 4.90 Å². The van der Waals surface area contributed by atoms with Crippen LogP contribution in [0.2, 0.25) is 5.02 Å². The topological polar surface area (TPSA) is 99.0 Å². The van der Waals surface area contributed by atoms with Crippen LogP contribution in [0.1, 0.15) is 11.4 Å². The number of sulfonamides is 1. The van der Waals surface area contributed by atoms with Gasteiger partial charge in [-0.3, -0.25) is 9.29 Å². The normalized spacial score (nSPS) is 11.3. The lowest BCUT2D eigenvalue weighted by atomic mass is 10.2. The molecular formula is C21H18ClN5O3S. The standard InChI is InChI=1S/C21H18ClN5O3S/c1-14-3-8-18(11-19(14)22)31(28,29)26-16-4-6-17(7-5-16)30-21-12-20(24-15(2)25-21)27-10-9-23-13-27/h3-13,26H,1-2H3. The number of aromatic nitrogens is 4. The van der Waals surface area contributed by atoms with Crippen LogP contribution in [0.15, 0.2) is 72.1 Å². The van der Waals surface area contributed by atoms with Gasteiger partial charge in [-0.1, -0.05) is 17.7 Å². The van der Waals surface area contributed by atoms with Gasteiger partial charge in [0.05, 0.1) is 4.90 Å². The van der Waals surface area contributed by atoms with E-state index in [9.17, 15) is 8.42 Å². The lowest BCUT2D eigenvalue weighted by molar-refractivity contribution is 0.459. The summed E-state index contributed by atoms with van der Waals surface area (Å²) in [4.78, 5) is 12.7. The molecular weight excluding hydrogens is 438 g/mol. The molecule has 1 N–H and O–H groups in total. The predicted octanol–water partition coefficient (Wildman–Crippen LogP) is 4.53. The first-order valence-electron chi connectivity index (χ1n) is 9.21. The lowest BCUT2D eigenvalue weighted by Crippen LogP contribution is -2.13. The van der Waals surface area contributed by atoms with Crippen LogP contribution in [0.3, 0.4) is 0 Å². The van der Waals surface area contributed by atoms with Gasteiger partial charge in [0.15, 0.2) is 0 Å².